The highest BCUT2D eigenvalue weighted by molar-refractivity contribution is 5.48. The molecule has 0 bridgehead atoms. The third kappa shape index (κ3) is 2.85. The Hall–Kier alpha value is -1.29. The van der Waals surface area contributed by atoms with Crippen molar-refractivity contribution in [3.05, 3.63) is 18.3 Å². The first-order valence-corrected chi connectivity index (χ1v) is 5.91. The van der Waals surface area contributed by atoms with Gasteiger partial charge in [-0.05, 0) is 32.5 Å². The van der Waals surface area contributed by atoms with E-state index >= 15 is 0 Å². The molecule has 1 saturated heterocycles. The average molecular weight is 220 g/mol. The lowest BCUT2D eigenvalue weighted by Crippen LogP contribution is -2.40. The van der Waals surface area contributed by atoms with Crippen molar-refractivity contribution < 1.29 is 0 Å². The molecule has 1 unspecified atom stereocenters. The summed E-state index contributed by atoms with van der Waals surface area (Å²) in [6, 6.07) is 4.30. The number of hydrogen-bond acceptors (Lipinski definition) is 4. The molecular weight excluding hydrogens is 200 g/mol. The molecule has 0 aliphatic carbocycles. The highest BCUT2D eigenvalue weighted by Crippen LogP contribution is 2.16. The third-order valence-corrected chi connectivity index (χ3v) is 3.22. The SMILES string of the molecule is CN1CCCCC1CNc1cc(N)ccn1. The number of pyridine rings is 1. The molecule has 0 radical (unpaired) electrons. The minimum absolute atomic E-state index is 0.622. The van der Waals surface area contributed by atoms with Gasteiger partial charge in [0, 0.05) is 30.5 Å². The number of aromatic nitrogens is 1. The Morgan fingerprint density at radius 1 is 1.56 bits per heavy atom. The number of hydrogen-bond donors (Lipinski definition) is 2. The van der Waals surface area contributed by atoms with E-state index in [0.29, 0.717) is 6.04 Å². The summed E-state index contributed by atoms with van der Waals surface area (Å²) in [5, 5.41) is 3.35. The summed E-state index contributed by atoms with van der Waals surface area (Å²) < 4.78 is 0. The zero-order chi connectivity index (χ0) is 11.4. The summed E-state index contributed by atoms with van der Waals surface area (Å²) in [5.74, 6) is 0.874. The van der Waals surface area contributed by atoms with E-state index in [-0.39, 0.29) is 0 Å². The van der Waals surface area contributed by atoms with Gasteiger partial charge in [0.15, 0.2) is 0 Å². The van der Waals surface area contributed by atoms with Crippen LogP contribution in [0.3, 0.4) is 0 Å². The van der Waals surface area contributed by atoms with Crippen LogP contribution in [-0.2, 0) is 0 Å². The number of nitrogens with zero attached hydrogens (tertiary/aromatic N) is 2. The molecule has 0 aromatic carbocycles. The molecular formula is C12H20N4. The molecule has 1 aromatic heterocycles. The summed E-state index contributed by atoms with van der Waals surface area (Å²) in [6.07, 6.45) is 5.67. The van der Waals surface area contributed by atoms with Crippen LogP contribution in [0.5, 0.6) is 0 Å². The fourth-order valence-corrected chi connectivity index (χ4v) is 2.17. The van der Waals surface area contributed by atoms with Crippen molar-refractivity contribution in [2.24, 2.45) is 0 Å². The summed E-state index contributed by atoms with van der Waals surface area (Å²) in [4.78, 5) is 6.66. The second-order valence-electron chi connectivity index (χ2n) is 4.49. The Kier molecular flexibility index (Phi) is 3.62. The maximum absolute atomic E-state index is 5.70. The Morgan fingerprint density at radius 3 is 3.19 bits per heavy atom. The second-order valence-corrected chi connectivity index (χ2v) is 4.49. The molecule has 4 nitrogen and oxygen atoms in total. The summed E-state index contributed by atoms with van der Waals surface area (Å²) in [5.41, 5.74) is 6.46. The van der Waals surface area contributed by atoms with E-state index in [4.69, 9.17) is 5.73 Å². The third-order valence-electron chi connectivity index (χ3n) is 3.22. The molecule has 1 aromatic rings. The number of nitrogen functional groups attached to an aromatic ring is 1. The van der Waals surface area contributed by atoms with Crippen LogP contribution in [0, 0.1) is 0 Å². The molecule has 0 spiro atoms. The van der Waals surface area contributed by atoms with Crippen LogP contribution < -0.4 is 11.1 Å². The van der Waals surface area contributed by atoms with Crippen molar-refractivity contribution in [1.29, 1.82) is 0 Å². The monoisotopic (exact) mass is 220 g/mol. The highest BCUT2D eigenvalue weighted by Gasteiger charge is 2.18. The molecule has 1 aliphatic heterocycles. The maximum Gasteiger partial charge on any atom is 0.127 e. The Balaban J connectivity index is 1.86. The lowest BCUT2D eigenvalue weighted by Gasteiger charge is -2.32. The molecule has 2 heterocycles. The van der Waals surface area contributed by atoms with Crippen LogP contribution in [0.4, 0.5) is 11.5 Å². The van der Waals surface area contributed by atoms with Crippen LogP contribution in [0.15, 0.2) is 18.3 Å². The molecule has 16 heavy (non-hydrogen) atoms. The normalized spacial score (nSPS) is 21.9. The number of nitrogens with two attached hydrogens (primary N) is 1. The minimum Gasteiger partial charge on any atom is -0.399 e. The van der Waals surface area contributed by atoms with Crippen molar-refractivity contribution in [2.75, 3.05) is 31.2 Å². The van der Waals surface area contributed by atoms with Gasteiger partial charge in [0.25, 0.3) is 0 Å². The molecule has 3 N–H and O–H groups in total. The van der Waals surface area contributed by atoms with Gasteiger partial charge < -0.3 is 16.0 Å². The van der Waals surface area contributed by atoms with Crippen molar-refractivity contribution in [3.8, 4) is 0 Å². The van der Waals surface area contributed by atoms with Gasteiger partial charge in [-0.3, -0.25) is 0 Å². The molecule has 1 aliphatic rings. The highest BCUT2D eigenvalue weighted by atomic mass is 15.2. The first-order valence-electron chi connectivity index (χ1n) is 5.91. The number of likely N-dealkylation sites (N-methyl/N-ethyl adjacent to an activating group) is 1. The molecule has 1 atom stereocenters. The van der Waals surface area contributed by atoms with E-state index in [1.54, 1.807) is 12.3 Å². The van der Waals surface area contributed by atoms with E-state index < -0.39 is 0 Å². The van der Waals surface area contributed by atoms with Crippen molar-refractivity contribution in [3.63, 3.8) is 0 Å². The Bertz CT molecular complexity index is 340. The number of piperidine rings is 1. The first-order chi connectivity index (χ1) is 7.75. The number of anilines is 2. The van der Waals surface area contributed by atoms with Crippen LogP contribution in [0.2, 0.25) is 0 Å². The molecule has 1 fully saturated rings. The second kappa shape index (κ2) is 5.16. The van der Waals surface area contributed by atoms with Gasteiger partial charge in [0.2, 0.25) is 0 Å². The minimum atomic E-state index is 0.622. The molecule has 0 amide bonds. The fraction of sp³-hybridized carbons (Fsp3) is 0.583. The van der Waals surface area contributed by atoms with Gasteiger partial charge in [-0.1, -0.05) is 6.42 Å². The lowest BCUT2D eigenvalue weighted by molar-refractivity contribution is 0.194. The average Bonchev–Trinajstić information content (AvgIpc) is 2.28. The van der Waals surface area contributed by atoms with Gasteiger partial charge in [-0.25, -0.2) is 4.98 Å². The van der Waals surface area contributed by atoms with Crippen molar-refractivity contribution in [2.45, 2.75) is 25.3 Å². The van der Waals surface area contributed by atoms with Gasteiger partial charge >= 0.3 is 0 Å². The van der Waals surface area contributed by atoms with Gasteiger partial charge in [-0.15, -0.1) is 0 Å². The lowest BCUT2D eigenvalue weighted by atomic mass is 10.0. The molecule has 88 valence electrons. The molecule has 2 rings (SSSR count). The van der Waals surface area contributed by atoms with E-state index in [2.05, 4.69) is 22.2 Å². The number of likely N-dealkylation sites (tertiary alicyclic amines) is 1. The van der Waals surface area contributed by atoms with E-state index in [1.807, 2.05) is 6.07 Å². The molecule has 0 saturated carbocycles. The zero-order valence-electron chi connectivity index (χ0n) is 9.82. The fourth-order valence-electron chi connectivity index (χ4n) is 2.17. The smallest absolute Gasteiger partial charge is 0.127 e. The Morgan fingerprint density at radius 2 is 2.44 bits per heavy atom. The van der Waals surface area contributed by atoms with Crippen LogP contribution in [0.25, 0.3) is 0 Å². The zero-order valence-corrected chi connectivity index (χ0v) is 9.82. The Labute approximate surface area is 96.8 Å². The van der Waals surface area contributed by atoms with Gasteiger partial charge in [-0.2, -0.15) is 0 Å². The maximum atomic E-state index is 5.70. The van der Waals surface area contributed by atoms with Crippen LogP contribution >= 0.6 is 0 Å². The summed E-state index contributed by atoms with van der Waals surface area (Å²) in [6.45, 7) is 2.16. The van der Waals surface area contributed by atoms with E-state index in [1.165, 1.54) is 25.8 Å². The van der Waals surface area contributed by atoms with Crippen LogP contribution in [-0.4, -0.2) is 36.1 Å². The van der Waals surface area contributed by atoms with Gasteiger partial charge in [0.05, 0.1) is 0 Å². The van der Waals surface area contributed by atoms with E-state index in [0.717, 1.165) is 18.1 Å². The standard InChI is InChI=1S/C12H20N4/c1-16-7-3-2-4-11(16)9-15-12-8-10(13)5-6-14-12/h5-6,8,11H,2-4,7,9H2,1H3,(H3,13,14,15). The summed E-state index contributed by atoms with van der Waals surface area (Å²) >= 11 is 0. The van der Waals surface area contributed by atoms with Crippen molar-refractivity contribution >= 4 is 11.5 Å². The number of nitrogens with one attached hydrogen (secondary N) is 1. The van der Waals surface area contributed by atoms with Crippen molar-refractivity contribution in [1.82, 2.24) is 9.88 Å². The summed E-state index contributed by atoms with van der Waals surface area (Å²) in [7, 11) is 2.19. The van der Waals surface area contributed by atoms with Crippen LogP contribution in [0.1, 0.15) is 19.3 Å². The van der Waals surface area contributed by atoms with E-state index in [9.17, 15) is 0 Å². The predicted octanol–water partition coefficient (Wildman–Crippen LogP) is 1.56. The number of rotatable bonds is 3. The largest absolute Gasteiger partial charge is 0.399 e. The van der Waals surface area contributed by atoms with Gasteiger partial charge in [0.1, 0.15) is 5.82 Å². The molecule has 4 heteroatoms. The quantitative estimate of drug-likeness (QED) is 0.811. The first kappa shape index (κ1) is 11.2. The predicted molar refractivity (Wildman–Crippen MR) is 67.4 cm³/mol. The topological polar surface area (TPSA) is 54.2 Å².